The highest BCUT2D eigenvalue weighted by molar-refractivity contribution is 5.50. The van der Waals surface area contributed by atoms with Gasteiger partial charge in [0.25, 0.3) is 0 Å². The predicted octanol–water partition coefficient (Wildman–Crippen LogP) is 3.39. The number of hydrogen-bond donors (Lipinski definition) is 1. The van der Waals surface area contributed by atoms with E-state index in [9.17, 15) is 5.11 Å². The molecule has 0 saturated heterocycles. The van der Waals surface area contributed by atoms with Gasteiger partial charge in [-0.1, -0.05) is 19.1 Å². The van der Waals surface area contributed by atoms with Crippen LogP contribution in [0.25, 0.3) is 0 Å². The lowest BCUT2D eigenvalue weighted by molar-refractivity contribution is 0.106. The summed E-state index contributed by atoms with van der Waals surface area (Å²) >= 11 is 0. The van der Waals surface area contributed by atoms with Gasteiger partial charge < -0.3 is 24.1 Å². The first kappa shape index (κ1) is 17.9. The van der Waals surface area contributed by atoms with Crippen LogP contribution in [-0.2, 0) is 6.42 Å². The molecule has 0 radical (unpaired) electrons. The van der Waals surface area contributed by atoms with Gasteiger partial charge >= 0.3 is 0 Å². The lowest BCUT2D eigenvalue weighted by Gasteiger charge is -2.18. The van der Waals surface area contributed by atoms with Crippen LogP contribution in [0.4, 0.5) is 0 Å². The number of methoxy groups -OCH3 is 3. The topological polar surface area (TPSA) is 57.2 Å². The van der Waals surface area contributed by atoms with Crippen molar-refractivity contribution in [2.45, 2.75) is 19.4 Å². The SMILES string of the molecule is CCc1cc(C(O)COc2ccccc2OC)cc(OC)c1OC. The van der Waals surface area contributed by atoms with Crippen molar-refractivity contribution in [2.75, 3.05) is 27.9 Å². The Hall–Kier alpha value is -2.40. The van der Waals surface area contributed by atoms with Gasteiger partial charge in [-0.15, -0.1) is 0 Å². The largest absolute Gasteiger partial charge is 0.493 e. The molecule has 5 nitrogen and oxygen atoms in total. The molecule has 130 valence electrons. The molecule has 0 aliphatic carbocycles. The molecule has 2 aromatic rings. The second-order valence-corrected chi connectivity index (χ2v) is 5.25. The first-order valence-electron chi connectivity index (χ1n) is 7.83. The fourth-order valence-corrected chi connectivity index (χ4v) is 2.52. The van der Waals surface area contributed by atoms with E-state index in [1.165, 1.54) is 0 Å². The molecule has 0 aliphatic rings. The molecule has 0 amide bonds. The van der Waals surface area contributed by atoms with Crippen molar-refractivity contribution in [1.29, 1.82) is 0 Å². The second kappa shape index (κ2) is 8.45. The number of rotatable bonds is 8. The molecule has 0 spiro atoms. The van der Waals surface area contributed by atoms with Crippen molar-refractivity contribution in [3.63, 3.8) is 0 Å². The Kier molecular flexibility index (Phi) is 6.32. The number of para-hydroxylation sites is 2. The molecule has 1 N–H and O–H groups in total. The van der Waals surface area contributed by atoms with Crippen LogP contribution >= 0.6 is 0 Å². The minimum atomic E-state index is -0.792. The van der Waals surface area contributed by atoms with Crippen molar-refractivity contribution in [2.24, 2.45) is 0 Å². The average molecular weight is 332 g/mol. The fourth-order valence-electron chi connectivity index (χ4n) is 2.52. The van der Waals surface area contributed by atoms with Crippen LogP contribution in [0.15, 0.2) is 36.4 Å². The lowest BCUT2D eigenvalue weighted by Crippen LogP contribution is -2.11. The van der Waals surface area contributed by atoms with Crippen LogP contribution in [0.5, 0.6) is 23.0 Å². The number of aliphatic hydroxyl groups excluding tert-OH is 1. The number of hydrogen-bond acceptors (Lipinski definition) is 5. The molecule has 2 aromatic carbocycles. The summed E-state index contributed by atoms with van der Waals surface area (Å²) in [6.45, 7) is 2.14. The van der Waals surface area contributed by atoms with E-state index in [2.05, 4.69) is 0 Å². The highest BCUT2D eigenvalue weighted by Crippen LogP contribution is 2.35. The zero-order valence-electron chi connectivity index (χ0n) is 14.5. The van der Waals surface area contributed by atoms with Crippen LogP contribution < -0.4 is 18.9 Å². The van der Waals surface area contributed by atoms with E-state index in [0.717, 1.165) is 17.5 Å². The molecule has 1 unspecified atom stereocenters. The van der Waals surface area contributed by atoms with E-state index in [-0.39, 0.29) is 6.61 Å². The summed E-state index contributed by atoms with van der Waals surface area (Å²) in [4.78, 5) is 0. The smallest absolute Gasteiger partial charge is 0.163 e. The summed E-state index contributed by atoms with van der Waals surface area (Å²) in [5.74, 6) is 2.52. The maximum absolute atomic E-state index is 10.5. The third kappa shape index (κ3) is 3.92. The molecule has 0 saturated carbocycles. The Bertz CT molecular complexity index is 644. The average Bonchev–Trinajstić information content (AvgIpc) is 2.64. The third-order valence-electron chi connectivity index (χ3n) is 3.81. The van der Waals surface area contributed by atoms with Gasteiger partial charge in [0.1, 0.15) is 12.7 Å². The molecular weight excluding hydrogens is 308 g/mol. The van der Waals surface area contributed by atoms with E-state index in [0.29, 0.717) is 23.0 Å². The Labute approximate surface area is 142 Å². The van der Waals surface area contributed by atoms with Gasteiger partial charge in [0, 0.05) is 0 Å². The number of aliphatic hydroxyl groups is 1. The minimum Gasteiger partial charge on any atom is -0.493 e. The van der Waals surface area contributed by atoms with E-state index in [1.807, 2.05) is 31.2 Å². The molecule has 24 heavy (non-hydrogen) atoms. The monoisotopic (exact) mass is 332 g/mol. The molecule has 0 bridgehead atoms. The molecule has 0 aliphatic heterocycles. The van der Waals surface area contributed by atoms with Gasteiger partial charge in [0.15, 0.2) is 23.0 Å². The van der Waals surface area contributed by atoms with Crippen molar-refractivity contribution >= 4 is 0 Å². The quantitative estimate of drug-likeness (QED) is 0.803. The standard InChI is InChI=1S/C19H24O5/c1-5-13-10-14(11-18(22-3)19(13)23-4)15(20)12-24-17-9-7-6-8-16(17)21-2/h6-11,15,20H,5,12H2,1-4H3. The highest BCUT2D eigenvalue weighted by atomic mass is 16.5. The van der Waals surface area contributed by atoms with Crippen molar-refractivity contribution < 1.29 is 24.1 Å². The summed E-state index contributed by atoms with van der Waals surface area (Å²) in [7, 11) is 4.77. The van der Waals surface area contributed by atoms with E-state index in [1.54, 1.807) is 33.5 Å². The van der Waals surface area contributed by atoms with Crippen LogP contribution in [0.2, 0.25) is 0 Å². The zero-order valence-corrected chi connectivity index (χ0v) is 14.5. The normalized spacial score (nSPS) is 11.7. The van der Waals surface area contributed by atoms with E-state index < -0.39 is 6.10 Å². The Morgan fingerprint density at radius 3 is 2.17 bits per heavy atom. The van der Waals surface area contributed by atoms with Gasteiger partial charge in [0.05, 0.1) is 21.3 Å². The van der Waals surface area contributed by atoms with Gasteiger partial charge in [-0.3, -0.25) is 0 Å². The van der Waals surface area contributed by atoms with Crippen LogP contribution in [0.3, 0.4) is 0 Å². The van der Waals surface area contributed by atoms with Crippen LogP contribution in [-0.4, -0.2) is 33.0 Å². The number of aryl methyl sites for hydroxylation is 1. The van der Waals surface area contributed by atoms with Crippen LogP contribution in [0, 0.1) is 0 Å². The predicted molar refractivity (Wildman–Crippen MR) is 92.4 cm³/mol. The molecule has 1 atom stereocenters. The van der Waals surface area contributed by atoms with Crippen molar-refractivity contribution in [3.05, 3.63) is 47.5 Å². The minimum absolute atomic E-state index is 0.110. The third-order valence-corrected chi connectivity index (χ3v) is 3.81. The maximum atomic E-state index is 10.5. The zero-order chi connectivity index (χ0) is 17.5. The number of ether oxygens (including phenoxy) is 4. The molecule has 2 rings (SSSR count). The van der Waals surface area contributed by atoms with Gasteiger partial charge in [-0.2, -0.15) is 0 Å². The summed E-state index contributed by atoms with van der Waals surface area (Å²) in [5.41, 5.74) is 1.70. The Morgan fingerprint density at radius 2 is 1.58 bits per heavy atom. The molecule has 0 aromatic heterocycles. The fraction of sp³-hybridized carbons (Fsp3) is 0.368. The summed E-state index contributed by atoms with van der Waals surface area (Å²) in [5, 5.41) is 10.5. The molecule has 0 fully saturated rings. The molecule has 5 heteroatoms. The van der Waals surface area contributed by atoms with Crippen molar-refractivity contribution in [1.82, 2.24) is 0 Å². The maximum Gasteiger partial charge on any atom is 0.163 e. The van der Waals surface area contributed by atoms with E-state index >= 15 is 0 Å². The Morgan fingerprint density at radius 1 is 0.917 bits per heavy atom. The van der Waals surface area contributed by atoms with E-state index in [4.69, 9.17) is 18.9 Å². The second-order valence-electron chi connectivity index (χ2n) is 5.25. The van der Waals surface area contributed by atoms with Gasteiger partial charge in [-0.25, -0.2) is 0 Å². The highest BCUT2D eigenvalue weighted by Gasteiger charge is 2.17. The lowest BCUT2D eigenvalue weighted by atomic mass is 10.0. The van der Waals surface area contributed by atoms with Crippen molar-refractivity contribution in [3.8, 4) is 23.0 Å². The van der Waals surface area contributed by atoms with Crippen LogP contribution in [0.1, 0.15) is 24.2 Å². The summed E-state index contributed by atoms with van der Waals surface area (Å²) in [6.07, 6.45) is -0.0204. The Balaban J connectivity index is 2.19. The molecular formula is C19H24O5. The van der Waals surface area contributed by atoms with Gasteiger partial charge in [-0.05, 0) is 41.8 Å². The summed E-state index contributed by atoms with van der Waals surface area (Å²) < 4.78 is 21.7. The number of benzene rings is 2. The first-order chi connectivity index (χ1) is 11.6. The summed E-state index contributed by atoms with van der Waals surface area (Å²) in [6, 6.07) is 11.0. The molecule has 0 heterocycles. The first-order valence-corrected chi connectivity index (χ1v) is 7.83. The van der Waals surface area contributed by atoms with Gasteiger partial charge in [0.2, 0.25) is 0 Å².